The largest absolute Gasteiger partial charge is 0.457 e. The Morgan fingerprint density at radius 2 is 0.694 bits per heavy atom. The van der Waals surface area contributed by atoms with E-state index >= 15 is 0 Å². The van der Waals surface area contributed by atoms with Gasteiger partial charge in [0.1, 0.15) is 11.5 Å². The fourth-order valence-electron chi connectivity index (χ4n) is 5.56. The summed E-state index contributed by atoms with van der Waals surface area (Å²) in [5, 5.41) is 0. The maximum Gasteiger partial charge on any atom is 0.167 e. The van der Waals surface area contributed by atoms with Crippen LogP contribution in [0.25, 0.3) is 68.1 Å². The van der Waals surface area contributed by atoms with E-state index in [1.165, 1.54) is 0 Å². The lowest BCUT2D eigenvalue weighted by Gasteiger charge is -2.13. The van der Waals surface area contributed by atoms with Crippen molar-refractivity contribution in [2.45, 2.75) is 0 Å². The molecule has 2 heterocycles. The second kappa shape index (κ2) is 13.5. The van der Waals surface area contributed by atoms with Crippen LogP contribution in [0, 0.1) is 0 Å². The Morgan fingerprint density at radius 3 is 1.20 bits per heavy atom. The second-order valence-electron chi connectivity index (χ2n) is 11.4. The molecule has 0 atom stereocenters. The van der Waals surface area contributed by atoms with Crippen molar-refractivity contribution in [3.63, 3.8) is 0 Å². The fourth-order valence-corrected chi connectivity index (χ4v) is 5.56. The van der Waals surface area contributed by atoms with Gasteiger partial charge in [0.05, 0.1) is 17.0 Å². The monoisotopic (exact) mass is 631 g/mol. The third kappa shape index (κ3) is 6.57. The minimum Gasteiger partial charge on any atom is -0.457 e. The van der Waals surface area contributed by atoms with Crippen molar-refractivity contribution < 1.29 is 4.74 Å². The first-order valence-corrected chi connectivity index (χ1v) is 16.0. The van der Waals surface area contributed by atoms with E-state index in [4.69, 9.17) is 29.7 Å². The number of benzene rings is 6. The summed E-state index contributed by atoms with van der Waals surface area (Å²) in [6.07, 6.45) is 0. The molecule has 6 heteroatoms. The first-order chi connectivity index (χ1) is 24.3. The number of rotatable bonds is 8. The molecule has 2 aromatic heterocycles. The Bertz CT molecular complexity index is 2220. The molecule has 6 nitrogen and oxygen atoms in total. The van der Waals surface area contributed by atoms with E-state index in [2.05, 4.69) is 12.1 Å². The van der Waals surface area contributed by atoms with Gasteiger partial charge in [-0.3, -0.25) is 0 Å². The fraction of sp³-hybridized carbons (Fsp3) is 0. The molecule has 8 rings (SSSR count). The molecule has 0 saturated heterocycles. The van der Waals surface area contributed by atoms with Crippen LogP contribution in [0.4, 0.5) is 0 Å². The Balaban J connectivity index is 1.14. The van der Waals surface area contributed by atoms with Crippen LogP contribution in [-0.4, -0.2) is 24.9 Å². The van der Waals surface area contributed by atoms with Gasteiger partial charge in [-0.05, 0) is 42.5 Å². The third-order valence-electron chi connectivity index (χ3n) is 8.03. The molecule has 0 spiro atoms. The summed E-state index contributed by atoms with van der Waals surface area (Å²) >= 11 is 0. The summed E-state index contributed by atoms with van der Waals surface area (Å²) in [7, 11) is 0. The zero-order chi connectivity index (χ0) is 32.8. The number of aromatic nitrogens is 5. The molecule has 0 N–H and O–H groups in total. The van der Waals surface area contributed by atoms with Gasteiger partial charge in [-0.25, -0.2) is 24.9 Å². The van der Waals surface area contributed by atoms with Crippen molar-refractivity contribution in [1.29, 1.82) is 0 Å². The highest BCUT2D eigenvalue weighted by Crippen LogP contribution is 2.35. The molecular formula is C43H29N5O. The van der Waals surface area contributed by atoms with Crippen LogP contribution in [0.2, 0.25) is 0 Å². The van der Waals surface area contributed by atoms with E-state index in [0.29, 0.717) is 34.8 Å². The highest BCUT2D eigenvalue weighted by Gasteiger charge is 2.16. The number of para-hydroxylation sites is 1. The zero-order valence-corrected chi connectivity index (χ0v) is 26.4. The minimum absolute atomic E-state index is 0.530. The van der Waals surface area contributed by atoms with Gasteiger partial charge in [-0.15, -0.1) is 0 Å². The van der Waals surface area contributed by atoms with Crippen LogP contribution in [-0.2, 0) is 0 Å². The molecule has 0 fully saturated rings. The van der Waals surface area contributed by atoms with E-state index in [1.54, 1.807) is 0 Å². The lowest BCUT2D eigenvalue weighted by molar-refractivity contribution is 0.484. The molecular weight excluding hydrogens is 603 g/mol. The Kier molecular flexibility index (Phi) is 8.17. The molecule has 0 saturated carbocycles. The average molecular weight is 632 g/mol. The standard InChI is InChI=1S/C43H29N5O/c1-5-15-30(16-6-1)37-29-38(45-40(44-37)32-17-7-2-8-18-32)31-25-27-35(28-26-31)49-39-24-14-13-23-36(39)43-47-41(33-19-9-3-10-20-33)46-42(48-43)34-21-11-4-12-22-34/h1-29H. The average Bonchev–Trinajstić information content (AvgIpc) is 3.19. The molecule has 0 bridgehead atoms. The van der Waals surface area contributed by atoms with Crippen molar-refractivity contribution in [2.75, 3.05) is 0 Å². The predicted octanol–water partition coefficient (Wildman–Crippen LogP) is 10.5. The molecule has 8 aromatic rings. The summed E-state index contributed by atoms with van der Waals surface area (Å²) in [6.45, 7) is 0. The van der Waals surface area contributed by atoms with Crippen molar-refractivity contribution in [1.82, 2.24) is 24.9 Å². The number of hydrogen-bond donors (Lipinski definition) is 0. The van der Waals surface area contributed by atoms with Gasteiger partial charge in [-0.1, -0.05) is 133 Å². The number of nitrogens with zero attached hydrogens (tertiary/aromatic N) is 5. The van der Waals surface area contributed by atoms with Crippen LogP contribution < -0.4 is 4.74 Å². The van der Waals surface area contributed by atoms with E-state index in [1.807, 2.05) is 164 Å². The van der Waals surface area contributed by atoms with Crippen LogP contribution in [0.3, 0.4) is 0 Å². The van der Waals surface area contributed by atoms with E-state index in [9.17, 15) is 0 Å². The van der Waals surface area contributed by atoms with Crippen molar-refractivity contribution in [3.8, 4) is 79.6 Å². The van der Waals surface area contributed by atoms with Gasteiger partial charge < -0.3 is 4.74 Å². The lowest BCUT2D eigenvalue weighted by Crippen LogP contribution is -2.01. The Morgan fingerprint density at radius 1 is 0.306 bits per heavy atom. The molecule has 0 aliphatic heterocycles. The van der Waals surface area contributed by atoms with Gasteiger partial charge in [-0.2, -0.15) is 0 Å². The van der Waals surface area contributed by atoms with Crippen LogP contribution in [0.15, 0.2) is 176 Å². The van der Waals surface area contributed by atoms with Crippen LogP contribution >= 0.6 is 0 Å². The zero-order valence-electron chi connectivity index (χ0n) is 26.4. The highest BCUT2D eigenvalue weighted by molar-refractivity contribution is 5.73. The molecule has 0 aliphatic carbocycles. The summed E-state index contributed by atoms with van der Waals surface area (Å²) < 4.78 is 6.50. The van der Waals surface area contributed by atoms with Crippen molar-refractivity contribution >= 4 is 0 Å². The van der Waals surface area contributed by atoms with E-state index in [0.717, 1.165) is 44.8 Å². The van der Waals surface area contributed by atoms with Gasteiger partial charge >= 0.3 is 0 Å². The SMILES string of the molecule is c1ccc(-c2cc(-c3ccc(Oc4ccccc4-c4nc(-c5ccccc5)nc(-c5ccccc5)n4)cc3)nc(-c3ccccc3)n2)cc1. The van der Waals surface area contributed by atoms with Gasteiger partial charge in [0.2, 0.25) is 0 Å². The molecule has 0 radical (unpaired) electrons. The van der Waals surface area contributed by atoms with Gasteiger partial charge in [0, 0.05) is 27.8 Å². The number of ether oxygens (including phenoxy) is 1. The maximum absolute atomic E-state index is 6.50. The summed E-state index contributed by atoms with van der Waals surface area (Å²) in [6, 6.07) is 57.9. The summed E-state index contributed by atoms with van der Waals surface area (Å²) in [5.74, 6) is 3.71. The topological polar surface area (TPSA) is 73.7 Å². The Hall–Kier alpha value is -6.79. The first-order valence-electron chi connectivity index (χ1n) is 16.0. The summed E-state index contributed by atoms with van der Waals surface area (Å²) in [5.41, 5.74) is 7.22. The normalized spacial score (nSPS) is 10.9. The smallest absolute Gasteiger partial charge is 0.167 e. The minimum atomic E-state index is 0.530. The third-order valence-corrected chi connectivity index (χ3v) is 8.03. The summed E-state index contributed by atoms with van der Waals surface area (Å²) in [4.78, 5) is 24.5. The molecule has 0 amide bonds. The Labute approximate surface area is 284 Å². The van der Waals surface area contributed by atoms with Crippen molar-refractivity contribution in [3.05, 3.63) is 176 Å². The van der Waals surface area contributed by atoms with Crippen molar-refractivity contribution in [2.24, 2.45) is 0 Å². The molecule has 232 valence electrons. The maximum atomic E-state index is 6.50. The lowest BCUT2D eigenvalue weighted by atomic mass is 10.1. The molecule has 0 aliphatic rings. The molecule has 49 heavy (non-hydrogen) atoms. The van der Waals surface area contributed by atoms with E-state index < -0.39 is 0 Å². The number of hydrogen-bond acceptors (Lipinski definition) is 6. The quantitative estimate of drug-likeness (QED) is 0.166. The molecule has 6 aromatic carbocycles. The first kappa shape index (κ1) is 29.6. The second-order valence-corrected chi connectivity index (χ2v) is 11.4. The molecule has 0 unspecified atom stereocenters. The van der Waals surface area contributed by atoms with Gasteiger partial charge in [0.25, 0.3) is 0 Å². The van der Waals surface area contributed by atoms with Gasteiger partial charge in [0.15, 0.2) is 23.3 Å². The predicted molar refractivity (Wildman–Crippen MR) is 195 cm³/mol. The van der Waals surface area contributed by atoms with E-state index in [-0.39, 0.29) is 0 Å². The highest BCUT2D eigenvalue weighted by atomic mass is 16.5. The van der Waals surface area contributed by atoms with Crippen LogP contribution in [0.5, 0.6) is 11.5 Å². The van der Waals surface area contributed by atoms with Crippen LogP contribution in [0.1, 0.15) is 0 Å².